The van der Waals surface area contributed by atoms with Crippen LogP contribution in [-0.4, -0.2) is 35.0 Å². The van der Waals surface area contributed by atoms with E-state index in [1.54, 1.807) is 37.6 Å². The lowest BCUT2D eigenvalue weighted by molar-refractivity contribution is -0.140. The van der Waals surface area contributed by atoms with Crippen molar-refractivity contribution in [3.05, 3.63) is 35.3 Å². The largest absolute Gasteiger partial charge is 0.495 e. The molecule has 0 aliphatic heterocycles. The number of benzene rings is 1. The number of nitrogens with one attached hydrogen (secondary N) is 2. The van der Waals surface area contributed by atoms with E-state index in [0.29, 0.717) is 22.1 Å². The molecule has 1 aromatic carbocycles. The van der Waals surface area contributed by atoms with E-state index in [1.807, 2.05) is 0 Å². The number of hydrogen-bond donors (Lipinski definition) is 3. The normalized spacial score (nSPS) is 19.8. The smallest absolute Gasteiger partial charge is 0.307 e. The molecule has 0 bridgehead atoms. The fourth-order valence-electron chi connectivity index (χ4n) is 3.20. The minimum Gasteiger partial charge on any atom is -0.495 e. The number of carbonyl (C=O) groups excluding carboxylic acids is 2. The van der Waals surface area contributed by atoms with E-state index in [0.717, 1.165) is 0 Å². The second-order valence-electron chi connectivity index (χ2n) is 6.81. The Morgan fingerprint density at radius 3 is 2.52 bits per heavy atom. The summed E-state index contributed by atoms with van der Waals surface area (Å²) < 4.78 is 5.24. The molecular weight excluding hydrogens is 370 g/mol. The van der Waals surface area contributed by atoms with Crippen LogP contribution in [0, 0.1) is 17.3 Å². The lowest BCUT2D eigenvalue weighted by Gasteiger charge is -2.12. The lowest BCUT2D eigenvalue weighted by atomic mass is 10.1. The van der Waals surface area contributed by atoms with Crippen LogP contribution in [0.5, 0.6) is 5.75 Å². The number of ether oxygens (including phenoxy) is 1. The van der Waals surface area contributed by atoms with Crippen molar-refractivity contribution in [1.82, 2.24) is 4.98 Å². The summed E-state index contributed by atoms with van der Waals surface area (Å²) >= 11 is 1.29. The molecule has 9 heteroatoms. The van der Waals surface area contributed by atoms with Crippen LogP contribution in [0.25, 0.3) is 0 Å². The standard InChI is InChI=1S/C18H19N3O5S/c1-18(2)12(13(18)16(24)25)15(23)20-10-8-9(4-5-11(10)26-3)14(22)21-17-19-6-7-27-17/h4-8,12-13H,1-3H3,(H,20,23)(H,24,25)(H,19,21,22)/t12-,13-/m1/s1. The molecule has 0 radical (unpaired) electrons. The molecular formula is C18H19N3O5S. The molecule has 0 unspecified atom stereocenters. The summed E-state index contributed by atoms with van der Waals surface area (Å²) in [6, 6.07) is 4.63. The second kappa shape index (κ2) is 6.99. The quantitative estimate of drug-likeness (QED) is 0.699. The lowest BCUT2D eigenvalue weighted by Crippen LogP contribution is -2.19. The summed E-state index contributed by atoms with van der Waals surface area (Å²) in [6.07, 6.45) is 1.58. The maximum absolute atomic E-state index is 12.6. The number of amides is 2. The third kappa shape index (κ3) is 3.63. The van der Waals surface area contributed by atoms with Crippen molar-refractivity contribution in [3.8, 4) is 5.75 Å². The zero-order valence-electron chi connectivity index (χ0n) is 15.0. The number of thiazole rings is 1. The van der Waals surface area contributed by atoms with Crippen LogP contribution in [0.2, 0.25) is 0 Å². The Bertz CT molecular complexity index is 894. The first-order valence-corrected chi connectivity index (χ1v) is 9.06. The molecule has 2 aromatic rings. The number of carbonyl (C=O) groups is 3. The molecule has 0 spiro atoms. The van der Waals surface area contributed by atoms with Crippen molar-refractivity contribution in [3.63, 3.8) is 0 Å². The SMILES string of the molecule is COc1ccc(C(=O)Nc2nccs2)cc1NC(=O)[C@H]1[C@H](C(=O)O)C1(C)C. The van der Waals surface area contributed by atoms with Crippen LogP contribution in [0.3, 0.4) is 0 Å². The fourth-order valence-corrected chi connectivity index (χ4v) is 3.72. The Morgan fingerprint density at radius 1 is 1.22 bits per heavy atom. The van der Waals surface area contributed by atoms with Gasteiger partial charge in [0, 0.05) is 17.1 Å². The van der Waals surface area contributed by atoms with Crippen LogP contribution in [0.15, 0.2) is 29.8 Å². The average Bonchev–Trinajstić information content (AvgIpc) is 2.93. The maximum Gasteiger partial charge on any atom is 0.307 e. The Morgan fingerprint density at radius 2 is 1.96 bits per heavy atom. The van der Waals surface area contributed by atoms with Crippen molar-refractivity contribution < 1.29 is 24.2 Å². The molecule has 2 amide bonds. The van der Waals surface area contributed by atoms with Gasteiger partial charge in [0.15, 0.2) is 5.13 Å². The van der Waals surface area contributed by atoms with Gasteiger partial charge >= 0.3 is 5.97 Å². The van der Waals surface area contributed by atoms with Gasteiger partial charge in [0.1, 0.15) is 5.75 Å². The maximum atomic E-state index is 12.6. The highest BCUT2D eigenvalue weighted by atomic mass is 32.1. The molecule has 142 valence electrons. The Kier molecular flexibility index (Phi) is 4.88. The number of methoxy groups -OCH3 is 1. The summed E-state index contributed by atoms with van der Waals surface area (Å²) in [6.45, 7) is 3.48. The number of carboxylic acid groups (broad SMARTS) is 1. The number of aliphatic carboxylic acids is 1. The number of hydrogen-bond acceptors (Lipinski definition) is 6. The Hall–Kier alpha value is -2.94. The highest BCUT2D eigenvalue weighted by molar-refractivity contribution is 7.13. The van der Waals surface area contributed by atoms with Crippen molar-refractivity contribution in [1.29, 1.82) is 0 Å². The number of anilines is 2. The van der Waals surface area contributed by atoms with E-state index in [4.69, 9.17) is 4.74 Å². The number of nitrogens with zero attached hydrogens (tertiary/aromatic N) is 1. The zero-order chi connectivity index (χ0) is 19.8. The van der Waals surface area contributed by atoms with Crippen molar-refractivity contribution in [2.75, 3.05) is 17.7 Å². The highest BCUT2D eigenvalue weighted by Gasteiger charge is 2.65. The molecule has 2 atom stereocenters. The summed E-state index contributed by atoms with van der Waals surface area (Å²) in [5.74, 6) is -2.79. The van der Waals surface area contributed by atoms with E-state index in [1.165, 1.54) is 24.5 Å². The van der Waals surface area contributed by atoms with E-state index >= 15 is 0 Å². The van der Waals surface area contributed by atoms with Gasteiger partial charge in [0.25, 0.3) is 5.91 Å². The van der Waals surface area contributed by atoms with Gasteiger partial charge in [-0.1, -0.05) is 13.8 Å². The predicted molar refractivity (Wildman–Crippen MR) is 100 cm³/mol. The van der Waals surface area contributed by atoms with Crippen LogP contribution < -0.4 is 15.4 Å². The summed E-state index contributed by atoms with van der Waals surface area (Å²) in [7, 11) is 1.45. The van der Waals surface area contributed by atoms with Gasteiger partial charge in [-0.2, -0.15) is 0 Å². The van der Waals surface area contributed by atoms with Crippen LogP contribution in [-0.2, 0) is 9.59 Å². The van der Waals surface area contributed by atoms with E-state index in [2.05, 4.69) is 15.6 Å². The Labute approximate surface area is 159 Å². The first-order valence-electron chi connectivity index (χ1n) is 8.18. The molecule has 1 fully saturated rings. The van der Waals surface area contributed by atoms with Gasteiger partial charge < -0.3 is 15.2 Å². The monoisotopic (exact) mass is 389 g/mol. The molecule has 8 nitrogen and oxygen atoms in total. The third-order valence-electron chi connectivity index (χ3n) is 4.75. The van der Waals surface area contributed by atoms with Crippen molar-refractivity contribution >= 4 is 39.9 Å². The number of carboxylic acids is 1. The molecule has 0 saturated heterocycles. The van der Waals surface area contributed by atoms with E-state index in [-0.39, 0.29) is 5.91 Å². The second-order valence-corrected chi connectivity index (χ2v) is 7.71. The first kappa shape index (κ1) is 18.8. The summed E-state index contributed by atoms with van der Waals surface area (Å²) in [4.78, 5) is 40.2. The Balaban J connectivity index is 1.79. The van der Waals surface area contributed by atoms with E-state index in [9.17, 15) is 19.5 Å². The fraction of sp³-hybridized carbons (Fsp3) is 0.333. The predicted octanol–water partition coefficient (Wildman–Crippen LogP) is 2.70. The molecule has 3 N–H and O–H groups in total. The third-order valence-corrected chi connectivity index (χ3v) is 5.44. The van der Waals surface area contributed by atoms with Gasteiger partial charge in [-0.25, -0.2) is 4.98 Å². The highest BCUT2D eigenvalue weighted by Crippen LogP contribution is 2.58. The first-order chi connectivity index (χ1) is 12.8. The van der Waals surface area contributed by atoms with Crippen LogP contribution in [0.4, 0.5) is 10.8 Å². The van der Waals surface area contributed by atoms with Gasteiger partial charge in [-0.3, -0.25) is 19.7 Å². The number of aromatic nitrogens is 1. The molecule has 1 aromatic heterocycles. The van der Waals surface area contributed by atoms with Crippen molar-refractivity contribution in [2.24, 2.45) is 17.3 Å². The molecule has 27 heavy (non-hydrogen) atoms. The summed E-state index contributed by atoms with van der Waals surface area (Å²) in [5.41, 5.74) is -0.00420. The zero-order valence-corrected chi connectivity index (χ0v) is 15.8. The molecule has 1 heterocycles. The molecule has 1 saturated carbocycles. The minimum atomic E-state index is -0.997. The van der Waals surface area contributed by atoms with Gasteiger partial charge in [-0.05, 0) is 23.6 Å². The van der Waals surface area contributed by atoms with Crippen LogP contribution in [0.1, 0.15) is 24.2 Å². The minimum absolute atomic E-state index is 0.307. The average molecular weight is 389 g/mol. The van der Waals surface area contributed by atoms with Crippen LogP contribution >= 0.6 is 11.3 Å². The summed E-state index contributed by atoms with van der Waals surface area (Å²) in [5, 5.41) is 16.8. The molecule has 1 aliphatic rings. The van der Waals surface area contributed by atoms with Gasteiger partial charge in [0.05, 0.1) is 24.6 Å². The van der Waals surface area contributed by atoms with Gasteiger partial charge in [-0.15, -0.1) is 11.3 Å². The molecule has 3 rings (SSSR count). The number of rotatable bonds is 6. The molecule has 1 aliphatic carbocycles. The van der Waals surface area contributed by atoms with Gasteiger partial charge in [0.2, 0.25) is 5.91 Å². The van der Waals surface area contributed by atoms with Crippen molar-refractivity contribution in [2.45, 2.75) is 13.8 Å². The van der Waals surface area contributed by atoms with E-state index < -0.39 is 29.1 Å². The topological polar surface area (TPSA) is 118 Å².